The highest BCUT2D eigenvalue weighted by Crippen LogP contribution is 2.60. The number of sulfonamides is 1. The highest BCUT2D eigenvalue weighted by molar-refractivity contribution is 7.89. The maximum atomic E-state index is 13.6. The van der Waals surface area contributed by atoms with Gasteiger partial charge in [-0.1, -0.05) is 23.7 Å². The Labute approximate surface area is 245 Å². The minimum Gasteiger partial charge on any atom is -0.478 e. The Bertz CT molecular complexity index is 1430. The van der Waals surface area contributed by atoms with Crippen molar-refractivity contribution >= 4 is 39.3 Å². The molecule has 9 nitrogen and oxygen atoms in total. The minimum absolute atomic E-state index is 0.0127. The monoisotopic (exact) mass is 601 g/mol. The Hall–Kier alpha value is -3.11. The normalized spacial score (nSPS) is 26.7. The molecule has 220 valence electrons. The summed E-state index contributed by atoms with van der Waals surface area (Å²) in [5, 5.41) is 6.98. The SMILES string of the molecule is CC(C)(Oc1ccc(Cl)cc1)C(=O)NC1C2CC3C[C@@H]1CC(C(=O)NCc1ccc(C(=O)NS(C)(=O)=O)cc1)(C3)C2. The van der Waals surface area contributed by atoms with Crippen LogP contribution in [-0.4, -0.2) is 44.0 Å². The van der Waals surface area contributed by atoms with Crippen LogP contribution in [0.5, 0.6) is 5.75 Å². The van der Waals surface area contributed by atoms with E-state index < -0.39 is 26.9 Å². The van der Waals surface area contributed by atoms with Crippen LogP contribution in [0.25, 0.3) is 0 Å². The maximum Gasteiger partial charge on any atom is 0.264 e. The Morgan fingerprint density at radius 1 is 0.976 bits per heavy atom. The van der Waals surface area contributed by atoms with E-state index in [-0.39, 0.29) is 35.3 Å². The number of hydrogen-bond acceptors (Lipinski definition) is 6. The number of benzene rings is 2. The number of hydrogen-bond donors (Lipinski definition) is 3. The number of carbonyl (C=O) groups is 3. The lowest BCUT2D eigenvalue weighted by Gasteiger charge is -2.59. The summed E-state index contributed by atoms with van der Waals surface area (Å²) in [6, 6.07) is 13.4. The van der Waals surface area contributed by atoms with Gasteiger partial charge in [-0.3, -0.25) is 14.4 Å². The van der Waals surface area contributed by atoms with Gasteiger partial charge in [0.25, 0.3) is 11.8 Å². The topological polar surface area (TPSA) is 131 Å². The van der Waals surface area contributed by atoms with E-state index >= 15 is 0 Å². The van der Waals surface area contributed by atoms with Crippen LogP contribution < -0.4 is 20.1 Å². The summed E-state index contributed by atoms with van der Waals surface area (Å²) < 4.78 is 30.6. The summed E-state index contributed by atoms with van der Waals surface area (Å²) in [7, 11) is -3.65. The van der Waals surface area contributed by atoms with Crippen LogP contribution >= 0.6 is 11.6 Å². The lowest BCUT2D eigenvalue weighted by atomic mass is 9.47. The van der Waals surface area contributed by atoms with Crippen molar-refractivity contribution in [3.05, 3.63) is 64.7 Å². The number of rotatable bonds is 9. The van der Waals surface area contributed by atoms with Gasteiger partial charge in [0.15, 0.2) is 5.60 Å². The van der Waals surface area contributed by atoms with Crippen molar-refractivity contribution < 1.29 is 27.5 Å². The van der Waals surface area contributed by atoms with Gasteiger partial charge in [-0.2, -0.15) is 0 Å². The lowest BCUT2D eigenvalue weighted by molar-refractivity contribution is -0.152. The molecule has 0 radical (unpaired) electrons. The van der Waals surface area contributed by atoms with Crippen LogP contribution in [0, 0.1) is 23.2 Å². The van der Waals surface area contributed by atoms with Crippen molar-refractivity contribution in [2.24, 2.45) is 23.2 Å². The van der Waals surface area contributed by atoms with Crippen molar-refractivity contribution in [1.29, 1.82) is 0 Å². The first-order valence-electron chi connectivity index (χ1n) is 13.9. The molecule has 2 aromatic carbocycles. The van der Waals surface area contributed by atoms with Crippen LogP contribution in [-0.2, 0) is 26.2 Å². The number of halogens is 1. The van der Waals surface area contributed by atoms with Crippen LogP contribution in [0.15, 0.2) is 48.5 Å². The van der Waals surface area contributed by atoms with Gasteiger partial charge in [0.2, 0.25) is 15.9 Å². The van der Waals surface area contributed by atoms with Gasteiger partial charge in [-0.25, -0.2) is 13.1 Å². The molecule has 0 aliphatic heterocycles. The maximum absolute atomic E-state index is 13.6. The van der Waals surface area contributed by atoms with E-state index in [9.17, 15) is 22.8 Å². The molecule has 0 saturated heterocycles. The molecule has 2 aromatic rings. The van der Waals surface area contributed by atoms with E-state index in [0.29, 0.717) is 23.2 Å². The molecule has 41 heavy (non-hydrogen) atoms. The third-order valence-electron chi connectivity index (χ3n) is 8.73. The average molecular weight is 602 g/mol. The molecule has 0 spiro atoms. The lowest BCUT2D eigenvalue weighted by Crippen LogP contribution is -2.64. The zero-order valence-electron chi connectivity index (χ0n) is 23.4. The van der Waals surface area contributed by atoms with E-state index in [0.717, 1.165) is 43.9 Å². The van der Waals surface area contributed by atoms with E-state index in [4.69, 9.17) is 16.3 Å². The van der Waals surface area contributed by atoms with Crippen LogP contribution in [0.3, 0.4) is 0 Å². The first-order valence-corrected chi connectivity index (χ1v) is 16.1. The van der Waals surface area contributed by atoms with Gasteiger partial charge in [-0.05, 0) is 106 Å². The third kappa shape index (κ3) is 6.54. The van der Waals surface area contributed by atoms with E-state index in [1.54, 1.807) is 50.2 Å². The molecule has 6 rings (SSSR count). The summed E-state index contributed by atoms with van der Waals surface area (Å²) in [6.07, 6.45) is 5.27. The van der Waals surface area contributed by atoms with Gasteiger partial charge in [0.1, 0.15) is 5.75 Å². The summed E-state index contributed by atoms with van der Waals surface area (Å²) in [5.41, 5.74) is -0.477. The molecule has 3 N–H and O–H groups in total. The predicted molar refractivity (Wildman–Crippen MR) is 155 cm³/mol. The quantitative estimate of drug-likeness (QED) is 0.401. The van der Waals surface area contributed by atoms with Crippen molar-refractivity contribution in [3.63, 3.8) is 0 Å². The van der Waals surface area contributed by atoms with E-state index in [1.807, 2.05) is 4.72 Å². The third-order valence-corrected chi connectivity index (χ3v) is 9.54. The first kappa shape index (κ1) is 29.4. The first-order chi connectivity index (χ1) is 19.2. The molecule has 4 aliphatic rings. The minimum atomic E-state index is -3.65. The second-order valence-electron chi connectivity index (χ2n) is 12.4. The molecule has 0 aromatic heterocycles. The fourth-order valence-corrected chi connectivity index (χ4v) is 7.66. The van der Waals surface area contributed by atoms with E-state index in [2.05, 4.69) is 10.6 Å². The highest BCUT2D eigenvalue weighted by Gasteiger charge is 2.59. The Kier molecular flexibility index (Phi) is 7.84. The Morgan fingerprint density at radius 3 is 2.17 bits per heavy atom. The molecular weight excluding hydrogens is 566 g/mol. The fraction of sp³-hybridized carbons (Fsp3) is 0.500. The number of amides is 3. The molecule has 4 saturated carbocycles. The van der Waals surface area contributed by atoms with Crippen LogP contribution in [0.1, 0.15) is 61.9 Å². The summed E-state index contributed by atoms with van der Waals surface area (Å²) in [4.78, 5) is 38.9. The molecule has 11 heteroatoms. The summed E-state index contributed by atoms with van der Waals surface area (Å²) >= 11 is 5.97. The largest absolute Gasteiger partial charge is 0.478 e. The second-order valence-corrected chi connectivity index (χ2v) is 14.6. The second kappa shape index (κ2) is 10.9. The molecule has 3 amide bonds. The highest BCUT2D eigenvalue weighted by atomic mass is 35.5. The molecule has 0 heterocycles. The van der Waals surface area contributed by atoms with Crippen molar-refractivity contribution in [2.45, 2.75) is 64.1 Å². The predicted octanol–water partition coefficient (Wildman–Crippen LogP) is 3.81. The summed E-state index contributed by atoms with van der Waals surface area (Å²) in [5.74, 6) is 0.673. The zero-order chi connectivity index (χ0) is 29.6. The van der Waals surface area contributed by atoms with Crippen molar-refractivity contribution in [3.8, 4) is 5.75 Å². The van der Waals surface area contributed by atoms with Gasteiger partial charge < -0.3 is 15.4 Å². The van der Waals surface area contributed by atoms with Gasteiger partial charge >= 0.3 is 0 Å². The van der Waals surface area contributed by atoms with Gasteiger partial charge in [0.05, 0.1) is 11.7 Å². The summed E-state index contributed by atoms with van der Waals surface area (Å²) in [6.45, 7) is 3.82. The molecule has 4 bridgehead atoms. The zero-order valence-corrected chi connectivity index (χ0v) is 25.0. The van der Waals surface area contributed by atoms with Crippen LogP contribution in [0.2, 0.25) is 5.02 Å². The average Bonchev–Trinajstić information content (AvgIpc) is 2.89. The molecule has 4 aliphatic carbocycles. The van der Waals surface area contributed by atoms with Crippen molar-refractivity contribution in [1.82, 2.24) is 15.4 Å². The number of nitrogens with one attached hydrogen (secondary N) is 3. The Balaban J connectivity index is 1.19. The molecule has 4 fully saturated rings. The van der Waals surface area contributed by atoms with Crippen LogP contribution in [0.4, 0.5) is 0 Å². The molecule has 5 atom stereocenters. The number of ether oxygens (including phenoxy) is 1. The van der Waals surface area contributed by atoms with E-state index in [1.165, 1.54) is 12.1 Å². The van der Waals surface area contributed by atoms with Gasteiger partial charge in [0, 0.05) is 23.2 Å². The van der Waals surface area contributed by atoms with Gasteiger partial charge in [-0.15, -0.1) is 0 Å². The fourth-order valence-electron chi connectivity index (χ4n) is 7.08. The van der Waals surface area contributed by atoms with Crippen molar-refractivity contribution in [2.75, 3.05) is 6.26 Å². The molecular formula is C30H36ClN3O6S. The smallest absolute Gasteiger partial charge is 0.264 e. The molecule has 4 unspecified atom stereocenters. The number of carbonyl (C=O) groups excluding carboxylic acids is 3. The standard InChI is InChI=1S/C30H36ClN3O6S/c1-29(2,40-24-10-8-23(31)9-11-24)27(36)33-25-21-12-19-13-22(25)16-30(14-19,15-21)28(37)32-17-18-4-6-20(7-5-18)26(35)34-41(3,38)39/h4-11,19,21-22,25H,12-17H2,1-3H3,(H,32,37)(H,33,36)(H,34,35)/t19?,21-,22?,25?,30?/m1/s1. The Morgan fingerprint density at radius 2 is 1.59 bits per heavy atom.